The zero-order valence-electron chi connectivity index (χ0n) is 8.74. The monoisotopic (exact) mass is 251 g/mol. The summed E-state index contributed by atoms with van der Waals surface area (Å²) in [6.07, 6.45) is 2.08. The third-order valence-electron chi connectivity index (χ3n) is 2.31. The number of aryl methyl sites for hydroxylation is 1. The van der Waals surface area contributed by atoms with Gasteiger partial charge < -0.3 is 0 Å². The lowest BCUT2D eigenvalue weighted by Crippen LogP contribution is -2.03. The molecular weight excluding hydrogens is 242 g/mol. The van der Waals surface area contributed by atoms with E-state index in [0.29, 0.717) is 17.0 Å². The van der Waals surface area contributed by atoms with Crippen molar-refractivity contribution in [3.63, 3.8) is 0 Å². The number of ketones is 1. The van der Waals surface area contributed by atoms with Gasteiger partial charge in [-0.15, -0.1) is 11.3 Å². The Labute approximate surface area is 103 Å². The summed E-state index contributed by atoms with van der Waals surface area (Å²) in [4.78, 5) is 16.9. The van der Waals surface area contributed by atoms with Crippen molar-refractivity contribution in [1.82, 2.24) is 4.98 Å². The van der Waals surface area contributed by atoms with Crippen LogP contribution in [0.1, 0.15) is 20.8 Å². The van der Waals surface area contributed by atoms with Crippen LogP contribution in [0.4, 0.5) is 0 Å². The fraction of sp³-hybridized carbons (Fsp3) is 0.167. The number of hydrogen-bond acceptors (Lipinski definition) is 3. The highest BCUT2D eigenvalue weighted by Crippen LogP contribution is 2.22. The number of benzene rings is 1. The predicted molar refractivity (Wildman–Crippen MR) is 66.3 cm³/mol. The molecule has 0 saturated carbocycles. The van der Waals surface area contributed by atoms with E-state index in [1.807, 2.05) is 19.1 Å². The molecule has 0 atom stereocenters. The van der Waals surface area contributed by atoms with Crippen LogP contribution in [0.2, 0.25) is 5.02 Å². The fourth-order valence-corrected chi connectivity index (χ4v) is 2.27. The van der Waals surface area contributed by atoms with Gasteiger partial charge in [-0.05, 0) is 18.6 Å². The van der Waals surface area contributed by atoms with Crippen molar-refractivity contribution in [1.29, 1.82) is 0 Å². The molecule has 2 aromatic rings. The van der Waals surface area contributed by atoms with Crippen molar-refractivity contribution in [3.05, 3.63) is 50.9 Å². The lowest BCUT2D eigenvalue weighted by Gasteiger charge is -2.04. The van der Waals surface area contributed by atoms with Crippen LogP contribution >= 0.6 is 22.9 Å². The van der Waals surface area contributed by atoms with Gasteiger partial charge in [-0.2, -0.15) is 0 Å². The number of carbonyl (C=O) groups excluding carboxylic acids is 1. The van der Waals surface area contributed by atoms with E-state index >= 15 is 0 Å². The van der Waals surface area contributed by atoms with E-state index in [1.54, 1.807) is 17.8 Å². The number of halogens is 1. The molecule has 0 radical (unpaired) electrons. The van der Waals surface area contributed by atoms with Gasteiger partial charge in [-0.3, -0.25) is 9.78 Å². The molecule has 0 aliphatic rings. The molecule has 4 heteroatoms. The average molecular weight is 252 g/mol. The van der Waals surface area contributed by atoms with E-state index in [-0.39, 0.29) is 5.78 Å². The van der Waals surface area contributed by atoms with Crippen molar-refractivity contribution >= 4 is 28.7 Å². The summed E-state index contributed by atoms with van der Waals surface area (Å²) < 4.78 is 0. The Morgan fingerprint density at radius 1 is 1.50 bits per heavy atom. The topological polar surface area (TPSA) is 30.0 Å². The van der Waals surface area contributed by atoms with E-state index in [1.165, 1.54) is 11.3 Å². The van der Waals surface area contributed by atoms with E-state index in [9.17, 15) is 4.79 Å². The lowest BCUT2D eigenvalue weighted by atomic mass is 10.1. The fourth-order valence-electron chi connectivity index (χ4n) is 1.45. The number of aromatic nitrogens is 1. The standard InChI is InChI=1S/C12H10ClNOS/c1-8-3-2-4-10(12(8)13)11(15)5-9-6-14-7-16-9/h2-4,6-7H,5H2,1H3. The molecule has 2 rings (SSSR count). The van der Waals surface area contributed by atoms with E-state index in [4.69, 9.17) is 11.6 Å². The Morgan fingerprint density at radius 3 is 3.00 bits per heavy atom. The van der Waals surface area contributed by atoms with Crippen LogP contribution in [-0.4, -0.2) is 10.8 Å². The zero-order chi connectivity index (χ0) is 11.5. The van der Waals surface area contributed by atoms with Crippen molar-refractivity contribution in [3.8, 4) is 0 Å². The van der Waals surface area contributed by atoms with Crippen molar-refractivity contribution in [2.24, 2.45) is 0 Å². The van der Waals surface area contributed by atoms with Gasteiger partial charge in [-0.1, -0.05) is 23.7 Å². The summed E-state index contributed by atoms with van der Waals surface area (Å²) in [6.45, 7) is 1.89. The maximum atomic E-state index is 12.0. The molecule has 1 heterocycles. The molecule has 0 aliphatic carbocycles. The Kier molecular flexibility index (Phi) is 3.36. The maximum Gasteiger partial charge on any atom is 0.169 e. The second-order valence-corrected chi connectivity index (χ2v) is 4.85. The summed E-state index contributed by atoms with van der Waals surface area (Å²) in [5.74, 6) is 0.0398. The summed E-state index contributed by atoms with van der Waals surface area (Å²) >= 11 is 7.58. The SMILES string of the molecule is Cc1cccc(C(=O)Cc2cncs2)c1Cl. The minimum atomic E-state index is 0.0398. The van der Waals surface area contributed by atoms with Gasteiger partial charge in [0.05, 0.1) is 10.5 Å². The Bertz CT molecular complexity index is 508. The van der Waals surface area contributed by atoms with Crippen molar-refractivity contribution in [2.75, 3.05) is 0 Å². The molecule has 0 saturated heterocycles. The van der Waals surface area contributed by atoms with Crippen LogP contribution in [-0.2, 0) is 6.42 Å². The van der Waals surface area contributed by atoms with Gasteiger partial charge in [0, 0.05) is 23.1 Å². The smallest absolute Gasteiger partial charge is 0.169 e. The second-order valence-electron chi connectivity index (χ2n) is 3.50. The van der Waals surface area contributed by atoms with Gasteiger partial charge in [0.1, 0.15) is 0 Å². The molecule has 0 N–H and O–H groups in total. The minimum absolute atomic E-state index is 0.0398. The molecule has 0 bridgehead atoms. The largest absolute Gasteiger partial charge is 0.294 e. The number of nitrogens with zero attached hydrogens (tertiary/aromatic N) is 1. The number of Topliss-reactive ketones (excluding diaryl/α,β-unsaturated/α-hetero) is 1. The summed E-state index contributed by atoms with van der Waals surface area (Å²) in [6, 6.07) is 5.51. The van der Waals surface area contributed by atoms with E-state index in [0.717, 1.165) is 10.4 Å². The molecule has 16 heavy (non-hydrogen) atoms. The Balaban J connectivity index is 2.24. The van der Waals surface area contributed by atoms with Crippen molar-refractivity contribution in [2.45, 2.75) is 13.3 Å². The van der Waals surface area contributed by atoms with Gasteiger partial charge in [0.2, 0.25) is 0 Å². The van der Waals surface area contributed by atoms with Crippen LogP contribution in [0.15, 0.2) is 29.9 Å². The minimum Gasteiger partial charge on any atom is -0.294 e. The normalized spacial score (nSPS) is 10.4. The Morgan fingerprint density at radius 2 is 2.31 bits per heavy atom. The first kappa shape index (κ1) is 11.3. The molecule has 0 spiro atoms. The van der Waals surface area contributed by atoms with Crippen LogP contribution in [0.25, 0.3) is 0 Å². The van der Waals surface area contributed by atoms with Crippen LogP contribution < -0.4 is 0 Å². The average Bonchev–Trinajstić information content (AvgIpc) is 2.74. The number of thiazole rings is 1. The molecule has 1 aromatic carbocycles. The maximum absolute atomic E-state index is 12.0. The van der Waals surface area contributed by atoms with Gasteiger partial charge in [0.15, 0.2) is 5.78 Å². The quantitative estimate of drug-likeness (QED) is 0.781. The lowest BCUT2D eigenvalue weighted by molar-refractivity contribution is 0.0994. The molecule has 0 fully saturated rings. The highest BCUT2D eigenvalue weighted by molar-refractivity contribution is 7.09. The van der Waals surface area contributed by atoms with Gasteiger partial charge in [-0.25, -0.2) is 0 Å². The number of rotatable bonds is 3. The van der Waals surface area contributed by atoms with Crippen molar-refractivity contribution < 1.29 is 4.79 Å². The molecule has 2 nitrogen and oxygen atoms in total. The summed E-state index contributed by atoms with van der Waals surface area (Å²) in [5.41, 5.74) is 3.24. The molecule has 1 aromatic heterocycles. The first-order valence-corrected chi connectivity index (χ1v) is 6.10. The Hall–Kier alpha value is -1.19. The molecule has 0 unspecified atom stereocenters. The number of hydrogen-bond donors (Lipinski definition) is 0. The van der Waals surface area contributed by atoms with Gasteiger partial charge in [0.25, 0.3) is 0 Å². The van der Waals surface area contributed by atoms with E-state index in [2.05, 4.69) is 4.98 Å². The summed E-state index contributed by atoms with van der Waals surface area (Å²) in [7, 11) is 0. The third kappa shape index (κ3) is 2.31. The molecule has 0 amide bonds. The molecule has 0 aliphatic heterocycles. The van der Waals surface area contributed by atoms with Gasteiger partial charge >= 0.3 is 0 Å². The predicted octanol–water partition coefficient (Wildman–Crippen LogP) is 3.53. The number of carbonyl (C=O) groups is 1. The molecule has 82 valence electrons. The molecular formula is C12H10ClNOS. The highest BCUT2D eigenvalue weighted by atomic mass is 35.5. The highest BCUT2D eigenvalue weighted by Gasteiger charge is 2.12. The summed E-state index contributed by atoms with van der Waals surface area (Å²) in [5, 5.41) is 0.553. The van der Waals surface area contributed by atoms with Crippen LogP contribution in [0, 0.1) is 6.92 Å². The zero-order valence-corrected chi connectivity index (χ0v) is 10.3. The second kappa shape index (κ2) is 4.76. The third-order valence-corrected chi connectivity index (χ3v) is 3.59. The van der Waals surface area contributed by atoms with Crippen LogP contribution in [0.3, 0.4) is 0 Å². The van der Waals surface area contributed by atoms with E-state index < -0.39 is 0 Å². The first-order chi connectivity index (χ1) is 7.68. The van der Waals surface area contributed by atoms with Crippen LogP contribution in [0.5, 0.6) is 0 Å². The first-order valence-electron chi connectivity index (χ1n) is 4.84.